The van der Waals surface area contributed by atoms with E-state index in [9.17, 15) is 4.79 Å². The van der Waals surface area contributed by atoms with Crippen molar-refractivity contribution in [1.29, 1.82) is 0 Å². The lowest BCUT2D eigenvalue weighted by Crippen LogP contribution is -2.03. The van der Waals surface area contributed by atoms with Crippen molar-refractivity contribution in [1.82, 2.24) is 15.0 Å². The lowest BCUT2D eigenvalue weighted by atomic mass is 10.1. The second-order valence-electron chi connectivity index (χ2n) is 4.74. The van der Waals surface area contributed by atoms with Gasteiger partial charge in [-0.05, 0) is 30.7 Å². The number of rotatable bonds is 3. The van der Waals surface area contributed by atoms with Gasteiger partial charge in [-0.2, -0.15) is 0 Å². The zero-order valence-electron chi connectivity index (χ0n) is 10.9. The Labute approximate surface area is 115 Å². The molecule has 100 valence electrons. The Bertz CT molecular complexity index is 793. The number of aryl methyl sites for hydroxylation is 1. The van der Waals surface area contributed by atoms with Gasteiger partial charge in [-0.3, -0.25) is 0 Å². The molecule has 1 heterocycles. The highest BCUT2D eigenvalue weighted by molar-refractivity contribution is 5.92. The van der Waals surface area contributed by atoms with Crippen LogP contribution in [0.1, 0.15) is 21.5 Å². The number of benzene rings is 2. The monoisotopic (exact) mass is 267 g/mol. The highest BCUT2D eigenvalue weighted by Gasteiger charge is 2.09. The average Bonchev–Trinajstić information content (AvgIpc) is 2.81. The minimum absolute atomic E-state index is 0.241. The topological polar surface area (TPSA) is 68.0 Å². The minimum atomic E-state index is -0.949. The number of carbonyl (C=O) groups is 1. The largest absolute Gasteiger partial charge is 0.478 e. The molecule has 2 aromatic carbocycles. The molecule has 0 saturated carbocycles. The Morgan fingerprint density at radius 1 is 1.25 bits per heavy atom. The van der Waals surface area contributed by atoms with Gasteiger partial charge in [0.05, 0.1) is 17.6 Å². The van der Waals surface area contributed by atoms with Gasteiger partial charge in [0.25, 0.3) is 0 Å². The van der Waals surface area contributed by atoms with Crippen molar-refractivity contribution in [2.24, 2.45) is 0 Å². The fraction of sp³-hybridized carbons (Fsp3) is 0.133. The van der Waals surface area contributed by atoms with E-state index in [4.69, 9.17) is 5.11 Å². The molecule has 5 nitrogen and oxygen atoms in total. The number of fused-ring (bicyclic) bond motifs is 1. The van der Waals surface area contributed by atoms with Crippen LogP contribution in [0, 0.1) is 6.92 Å². The standard InChI is InChI=1S/C15H13N3O2/c1-10-3-2-4-11(7-10)9-18-14-8-12(15(19)20)5-6-13(14)16-17-18/h2-8H,9H2,1H3,(H,19,20). The summed E-state index contributed by atoms with van der Waals surface area (Å²) in [6.45, 7) is 2.60. The molecule has 0 saturated heterocycles. The normalized spacial score (nSPS) is 10.8. The number of hydrogen-bond donors (Lipinski definition) is 1. The van der Waals surface area contributed by atoms with Crippen molar-refractivity contribution in [3.8, 4) is 0 Å². The molecule has 20 heavy (non-hydrogen) atoms. The number of aromatic carboxylic acids is 1. The van der Waals surface area contributed by atoms with Crippen LogP contribution in [-0.2, 0) is 6.54 Å². The molecule has 1 N–H and O–H groups in total. The molecule has 0 spiro atoms. The van der Waals surface area contributed by atoms with Gasteiger partial charge in [-0.15, -0.1) is 5.10 Å². The van der Waals surface area contributed by atoms with Crippen molar-refractivity contribution in [3.05, 3.63) is 59.2 Å². The van der Waals surface area contributed by atoms with E-state index in [1.807, 2.05) is 25.1 Å². The summed E-state index contributed by atoms with van der Waals surface area (Å²) in [6, 6.07) is 12.9. The third-order valence-electron chi connectivity index (χ3n) is 3.18. The number of hydrogen-bond acceptors (Lipinski definition) is 3. The molecule has 0 aliphatic rings. The SMILES string of the molecule is Cc1cccc(Cn2nnc3ccc(C(=O)O)cc32)c1. The molecule has 0 aliphatic heterocycles. The molecule has 0 amide bonds. The van der Waals surface area contributed by atoms with E-state index in [2.05, 4.69) is 16.4 Å². The summed E-state index contributed by atoms with van der Waals surface area (Å²) in [4.78, 5) is 11.0. The van der Waals surface area contributed by atoms with Gasteiger partial charge >= 0.3 is 5.97 Å². The predicted octanol–water partition coefficient (Wildman–Crippen LogP) is 2.49. The zero-order valence-corrected chi connectivity index (χ0v) is 10.9. The predicted molar refractivity (Wildman–Crippen MR) is 74.8 cm³/mol. The first-order chi connectivity index (χ1) is 9.63. The average molecular weight is 267 g/mol. The van der Waals surface area contributed by atoms with Crippen LogP contribution in [0.15, 0.2) is 42.5 Å². The molecule has 0 aliphatic carbocycles. The lowest BCUT2D eigenvalue weighted by molar-refractivity contribution is 0.0697. The van der Waals surface area contributed by atoms with E-state index < -0.39 is 5.97 Å². The Morgan fingerprint density at radius 3 is 2.85 bits per heavy atom. The van der Waals surface area contributed by atoms with E-state index in [1.165, 1.54) is 11.6 Å². The molecule has 0 atom stereocenters. The third kappa shape index (κ3) is 2.25. The molecular weight excluding hydrogens is 254 g/mol. The second-order valence-corrected chi connectivity index (χ2v) is 4.74. The van der Waals surface area contributed by atoms with Crippen molar-refractivity contribution >= 4 is 17.0 Å². The summed E-state index contributed by atoms with van der Waals surface area (Å²) in [5.74, 6) is -0.949. The van der Waals surface area contributed by atoms with E-state index in [0.717, 1.165) is 11.1 Å². The maximum absolute atomic E-state index is 11.0. The van der Waals surface area contributed by atoms with E-state index in [-0.39, 0.29) is 5.56 Å². The van der Waals surface area contributed by atoms with Crippen LogP contribution < -0.4 is 0 Å². The minimum Gasteiger partial charge on any atom is -0.478 e. The van der Waals surface area contributed by atoms with Crippen molar-refractivity contribution in [2.75, 3.05) is 0 Å². The number of nitrogens with zero attached hydrogens (tertiary/aromatic N) is 3. The van der Waals surface area contributed by atoms with Gasteiger partial charge in [0.1, 0.15) is 5.52 Å². The van der Waals surface area contributed by atoms with E-state index in [1.54, 1.807) is 16.8 Å². The molecule has 0 fully saturated rings. The summed E-state index contributed by atoms with van der Waals surface area (Å²) in [6.07, 6.45) is 0. The van der Waals surface area contributed by atoms with Gasteiger partial charge in [-0.1, -0.05) is 35.0 Å². The fourth-order valence-electron chi connectivity index (χ4n) is 2.20. The van der Waals surface area contributed by atoms with Gasteiger partial charge in [0.15, 0.2) is 0 Å². The van der Waals surface area contributed by atoms with Gasteiger partial charge in [0, 0.05) is 0 Å². The first-order valence-electron chi connectivity index (χ1n) is 6.25. The highest BCUT2D eigenvalue weighted by atomic mass is 16.4. The van der Waals surface area contributed by atoms with Gasteiger partial charge in [0.2, 0.25) is 0 Å². The number of carboxylic acids is 1. The summed E-state index contributed by atoms with van der Waals surface area (Å²) >= 11 is 0. The van der Waals surface area contributed by atoms with Crippen LogP contribution in [0.5, 0.6) is 0 Å². The fourth-order valence-corrected chi connectivity index (χ4v) is 2.20. The number of carboxylic acid groups (broad SMARTS) is 1. The van der Waals surface area contributed by atoms with Crippen LogP contribution in [0.4, 0.5) is 0 Å². The summed E-state index contributed by atoms with van der Waals surface area (Å²) < 4.78 is 1.72. The third-order valence-corrected chi connectivity index (χ3v) is 3.18. The highest BCUT2D eigenvalue weighted by Crippen LogP contribution is 2.15. The summed E-state index contributed by atoms with van der Waals surface area (Å²) in [5.41, 5.74) is 3.95. The molecule has 0 unspecified atom stereocenters. The van der Waals surface area contributed by atoms with Crippen molar-refractivity contribution < 1.29 is 9.90 Å². The maximum atomic E-state index is 11.0. The first kappa shape index (κ1) is 12.3. The molecule has 1 aromatic heterocycles. The second kappa shape index (κ2) is 4.77. The van der Waals surface area contributed by atoms with Crippen LogP contribution in [0.25, 0.3) is 11.0 Å². The molecule has 0 bridgehead atoms. The smallest absolute Gasteiger partial charge is 0.335 e. The number of aromatic nitrogens is 3. The Morgan fingerprint density at radius 2 is 2.10 bits per heavy atom. The first-order valence-corrected chi connectivity index (χ1v) is 6.25. The molecule has 0 radical (unpaired) electrons. The van der Waals surface area contributed by atoms with Gasteiger partial charge < -0.3 is 5.11 Å². The lowest BCUT2D eigenvalue weighted by Gasteiger charge is -2.04. The molecule has 3 rings (SSSR count). The molecule has 3 aromatic rings. The molecule has 5 heteroatoms. The van der Waals surface area contributed by atoms with Crippen LogP contribution >= 0.6 is 0 Å². The van der Waals surface area contributed by atoms with Crippen molar-refractivity contribution in [2.45, 2.75) is 13.5 Å². The van der Waals surface area contributed by atoms with Crippen molar-refractivity contribution in [3.63, 3.8) is 0 Å². The quantitative estimate of drug-likeness (QED) is 0.791. The van der Waals surface area contributed by atoms with Gasteiger partial charge in [-0.25, -0.2) is 9.48 Å². The zero-order chi connectivity index (χ0) is 14.1. The van der Waals surface area contributed by atoms with E-state index >= 15 is 0 Å². The Kier molecular flexibility index (Phi) is 2.95. The maximum Gasteiger partial charge on any atom is 0.335 e. The summed E-state index contributed by atoms with van der Waals surface area (Å²) in [7, 11) is 0. The Balaban J connectivity index is 2.03. The Hall–Kier alpha value is -2.69. The van der Waals surface area contributed by atoms with Crippen LogP contribution in [-0.4, -0.2) is 26.1 Å². The summed E-state index contributed by atoms with van der Waals surface area (Å²) in [5, 5.41) is 17.2. The van der Waals surface area contributed by atoms with Crippen LogP contribution in [0.3, 0.4) is 0 Å². The van der Waals surface area contributed by atoms with Crippen LogP contribution in [0.2, 0.25) is 0 Å². The molecular formula is C15H13N3O2. The van der Waals surface area contributed by atoms with E-state index in [0.29, 0.717) is 12.1 Å².